The zero-order chi connectivity index (χ0) is 23.6. The molecule has 0 aromatic rings. The third-order valence-corrected chi connectivity index (χ3v) is 4.88. The fourth-order valence-corrected chi connectivity index (χ4v) is 3.35. The highest BCUT2D eigenvalue weighted by atomic mass is 16.6. The normalized spacial score (nSPS) is 26.2. The Morgan fingerprint density at radius 1 is 1.35 bits per heavy atom. The zero-order valence-electron chi connectivity index (χ0n) is 20.2. The van der Waals surface area contributed by atoms with E-state index in [-0.39, 0.29) is 18.6 Å². The van der Waals surface area contributed by atoms with Crippen molar-refractivity contribution in [2.24, 2.45) is 11.8 Å². The summed E-state index contributed by atoms with van der Waals surface area (Å²) in [7, 11) is 0. The van der Waals surface area contributed by atoms with Gasteiger partial charge in [0.05, 0.1) is 12.7 Å². The van der Waals surface area contributed by atoms with Crippen LogP contribution in [0.25, 0.3) is 0 Å². The van der Waals surface area contributed by atoms with Gasteiger partial charge in [-0.05, 0) is 59.3 Å². The van der Waals surface area contributed by atoms with Gasteiger partial charge in [0.15, 0.2) is 6.04 Å². The predicted molar refractivity (Wildman–Crippen MR) is 121 cm³/mol. The van der Waals surface area contributed by atoms with Crippen molar-refractivity contribution in [1.29, 1.82) is 0 Å². The lowest BCUT2D eigenvalue weighted by molar-refractivity contribution is -0.166. The summed E-state index contributed by atoms with van der Waals surface area (Å²) in [4.78, 5) is 25.0. The summed E-state index contributed by atoms with van der Waals surface area (Å²) in [5.74, 6) is -0.120. The van der Waals surface area contributed by atoms with Crippen molar-refractivity contribution in [1.82, 2.24) is 5.32 Å². The van der Waals surface area contributed by atoms with Crippen molar-refractivity contribution in [3.05, 3.63) is 24.3 Å². The van der Waals surface area contributed by atoms with Gasteiger partial charge in [-0.15, -0.1) is 0 Å². The van der Waals surface area contributed by atoms with Crippen LogP contribution in [0.5, 0.6) is 0 Å². The van der Waals surface area contributed by atoms with Crippen LogP contribution in [0.1, 0.15) is 61.3 Å². The number of allylic oxidation sites excluding steroid dienone is 3. The number of cyclic esters (lactones) is 1. The molecule has 0 unspecified atom stereocenters. The molecule has 0 bridgehead atoms. The molecule has 0 aromatic carbocycles. The number of carbonyl (C=O) groups is 2. The maximum atomic E-state index is 12.8. The van der Waals surface area contributed by atoms with E-state index in [0.717, 1.165) is 18.4 Å². The van der Waals surface area contributed by atoms with Gasteiger partial charge in [0.2, 0.25) is 0 Å². The molecular formula is C24H41NO6. The van der Waals surface area contributed by atoms with E-state index in [2.05, 4.69) is 25.7 Å². The quantitative estimate of drug-likeness (QED) is 0.467. The summed E-state index contributed by atoms with van der Waals surface area (Å²) in [6.45, 7) is 18.2. The van der Waals surface area contributed by atoms with Gasteiger partial charge in [0.1, 0.15) is 11.7 Å². The number of hydrogen-bond donors (Lipinski definition) is 1. The molecule has 7 nitrogen and oxygen atoms in total. The second-order valence-electron chi connectivity index (χ2n) is 9.43. The molecule has 1 aliphatic heterocycles. The monoisotopic (exact) mass is 439 g/mol. The topological polar surface area (TPSA) is 83.1 Å². The highest BCUT2D eigenvalue weighted by Gasteiger charge is 2.35. The van der Waals surface area contributed by atoms with Crippen LogP contribution in [0.15, 0.2) is 24.3 Å². The standard InChI is InChI=1S/C24H41NO6/c1-9-18(10-2)13-19-11-12-28-15-20(25-23(27)31-24(6,7)8)22(26)30-17(5)21(19)29-14-16(3)4/h9-10,16-17,19-21H,1,11-15H2,2-8H3,(H,25,27)/b18-10+/t17-,19+,20-,21-/m0/s1. The highest BCUT2D eigenvalue weighted by Crippen LogP contribution is 2.27. The lowest BCUT2D eigenvalue weighted by atomic mass is 9.88. The number of esters is 1. The molecule has 1 saturated heterocycles. The van der Waals surface area contributed by atoms with Gasteiger partial charge in [-0.2, -0.15) is 0 Å². The summed E-state index contributed by atoms with van der Waals surface area (Å²) in [6.07, 6.45) is 3.89. The summed E-state index contributed by atoms with van der Waals surface area (Å²) in [5.41, 5.74) is 0.444. The molecule has 4 atom stereocenters. The zero-order valence-corrected chi connectivity index (χ0v) is 20.2. The van der Waals surface area contributed by atoms with E-state index >= 15 is 0 Å². The van der Waals surface area contributed by atoms with Crippen molar-refractivity contribution in [2.75, 3.05) is 19.8 Å². The molecule has 1 rings (SSSR count). The Kier molecular flexibility index (Phi) is 11.3. The van der Waals surface area contributed by atoms with Crippen LogP contribution in [0.4, 0.5) is 4.79 Å². The highest BCUT2D eigenvalue weighted by molar-refractivity contribution is 5.81. The van der Waals surface area contributed by atoms with Crippen LogP contribution < -0.4 is 5.32 Å². The van der Waals surface area contributed by atoms with Gasteiger partial charge >= 0.3 is 12.1 Å². The average molecular weight is 440 g/mol. The van der Waals surface area contributed by atoms with Gasteiger partial charge in [-0.3, -0.25) is 0 Å². The van der Waals surface area contributed by atoms with Gasteiger partial charge in [0, 0.05) is 13.2 Å². The summed E-state index contributed by atoms with van der Waals surface area (Å²) in [6, 6.07) is -0.945. The first-order valence-corrected chi connectivity index (χ1v) is 11.1. The lowest BCUT2D eigenvalue weighted by Crippen LogP contribution is -2.50. The molecule has 1 fully saturated rings. The maximum Gasteiger partial charge on any atom is 0.408 e. The van der Waals surface area contributed by atoms with Crippen molar-refractivity contribution in [2.45, 2.75) is 85.2 Å². The van der Waals surface area contributed by atoms with E-state index in [9.17, 15) is 9.59 Å². The van der Waals surface area contributed by atoms with Crippen LogP contribution in [0.3, 0.4) is 0 Å². The van der Waals surface area contributed by atoms with Crippen LogP contribution in [-0.4, -0.2) is 55.7 Å². The molecule has 178 valence electrons. The number of amides is 1. The summed E-state index contributed by atoms with van der Waals surface area (Å²) in [5, 5.41) is 2.56. The Bertz CT molecular complexity index is 622. The molecular weight excluding hydrogens is 398 g/mol. The van der Waals surface area contributed by atoms with Crippen molar-refractivity contribution in [3.63, 3.8) is 0 Å². The lowest BCUT2D eigenvalue weighted by Gasteiger charge is -2.34. The number of carbonyl (C=O) groups excluding carboxylic acids is 2. The van der Waals surface area contributed by atoms with E-state index in [0.29, 0.717) is 19.1 Å². The third-order valence-electron chi connectivity index (χ3n) is 4.88. The molecule has 0 aliphatic carbocycles. The number of rotatable bonds is 7. The van der Waals surface area contributed by atoms with Gasteiger partial charge in [-0.1, -0.05) is 38.2 Å². The van der Waals surface area contributed by atoms with Gasteiger partial charge < -0.3 is 24.3 Å². The Hall–Kier alpha value is -1.86. The molecule has 0 aromatic heterocycles. The number of alkyl carbamates (subject to hydrolysis) is 1. The summed E-state index contributed by atoms with van der Waals surface area (Å²) >= 11 is 0. The predicted octanol–water partition coefficient (Wildman–Crippen LogP) is 4.41. The van der Waals surface area contributed by atoms with Crippen LogP contribution in [-0.2, 0) is 23.7 Å². The van der Waals surface area contributed by atoms with E-state index in [1.165, 1.54) is 0 Å². The number of nitrogens with one attached hydrogen (secondary N) is 1. The minimum atomic E-state index is -0.945. The average Bonchev–Trinajstić information content (AvgIpc) is 2.65. The molecule has 1 amide bonds. The Morgan fingerprint density at radius 3 is 2.58 bits per heavy atom. The largest absolute Gasteiger partial charge is 0.458 e. The smallest absolute Gasteiger partial charge is 0.408 e. The SMILES string of the molecule is C=C/C(=C\C)C[C@H]1CCOC[C@H](NC(=O)OC(C)(C)C)C(=O)O[C@@H](C)[C@@H]1OCC(C)C. The Morgan fingerprint density at radius 2 is 2.03 bits per heavy atom. The first kappa shape index (κ1) is 27.2. The van der Waals surface area contributed by atoms with Crippen LogP contribution in [0.2, 0.25) is 0 Å². The maximum absolute atomic E-state index is 12.8. The minimum Gasteiger partial charge on any atom is -0.458 e. The van der Waals surface area contributed by atoms with Gasteiger partial charge in [0.25, 0.3) is 0 Å². The third kappa shape index (κ3) is 10.3. The molecule has 0 radical (unpaired) electrons. The number of hydrogen-bond acceptors (Lipinski definition) is 6. The van der Waals surface area contributed by atoms with Crippen molar-refractivity contribution >= 4 is 12.1 Å². The summed E-state index contributed by atoms with van der Waals surface area (Å²) < 4.78 is 23.0. The fraction of sp³-hybridized carbons (Fsp3) is 0.750. The second-order valence-corrected chi connectivity index (χ2v) is 9.43. The molecule has 1 N–H and O–H groups in total. The van der Waals surface area contributed by atoms with Gasteiger partial charge in [-0.25, -0.2) is 9.59 Å². The van der Waals surface area contributed by atoms with Crippen LogP contribution in [0, 0.1) is 11.8 Å². The first-order valence-electron chi connectivity index (χ1n) is 11.1. The Balaban J connectivity index is 2.99. The molecule has 1 heterocycles. The second kappa shape index (κ2) is 12.9. The Labute approximate surface area is 187 Å². The molecule has 0 saturated carbocycles. The van der Waals surface area contributed by atoms with Crippen molar-refractivity contribution < 1.29 is 28.5 Å². The first-order chi connectivity index (χ1) is 14.5. The van der Waals surface area contributed by atoms with Crippen molar-refractivity contribution in [3.8, 4) is 0 Å². The minimum absolute atomic E-state index is 0.0208. The number of ether oxygens (including phenoxy) is 4. The van der Waals surface area contributed by atoms with E-state index in [1.54, 1.807) is 20.8 Å². The van der Waals surface area contributed by atoms with E-state index < -0.39 is 29.8 Å². The van der Waals surface area contributed by atoms with E-state index in [4.69, 9.17) is 18.9 Å². The molecule has 7 heteroatoms. The van der Waals surface area contributed by atoms with E-state index in [1.807, 2.05) is 26.0 Å². The molecule has 31 heavy (non-hydrogen) atoms. The molecule has 1 aliphatic rings. The molecule has 0 spiro atoms. The fourth-order valence-electron chi connectivity index (χ4n) is 3.35. The van der Waals surface area contributed by atoms with Crippen LogP contribution >= 0.6 is 0 Å².